The average molecular weight is 333 g/mol. The van der Waals surface area contributed by atoms with Gasteiger partial charge in [-0.1, -0.05) is 0 Å². The average Bonchev–Trinajstić information content (AvgIpc) is 2.65. The number of carbonyl (C=O) groups is 3. The Hall–Kier alpha value is -1.31. The number of ether oxygens (including phenoxy) is 2. The number of rotatable bonds is 3. The Labute approximate surface area is 132 Å². The van der Waals surface area contributed by atoms with Gasteiger partial charge in [0.05, 0.1) is 5.41 Å². The van der Waals surface area contributed by atoms with Crippen molar-refractivity contribution in [1.29, 1.82) is 0 Å². The van der Waals surface area contributed by atoms with Gasteiger partial charge in [-0.15, -0.1) is 11.8 Å². The number of thioether (sulfide) groups is 1. The van der Waals surface area contributed by atoms with Crippen LogP contribution in [0.15, 0.2) is 0 Å². The van der Waals surface area contributed by atoms with E-state index in [1.54, 1.807) is 34.6 Å². The van der Waals surface area contributed by atoms with Gasteiger partial charge in [-0.2, -0.15) is 0 Å². The molecule has 2 rings (SSSR count). The van der Waals surface area contributed by atoms with E-state index in [0.717, 1.165) is 0 Å². The quantitative estimate of drug-likeness (QED) is 0.442. The fourth-order valence-corrected chi connectivity index (χ4v) is 3.92. The van der Waals surface area contributed by atoms with E-state index in [0.29, 0.717) is 0 Å². The van der Waals surface area contributed by atoms with Crippen LogP contribution in [-0.4, -0.2) is 51.9 Å². The van der Waals surface area contributed by atoms with Gasteiger partial charge in [0, 0.05) is 4.75 Å². The SMILES string of the molecule is CC(C)(C)C(=O)OCOC(=O)[C@@H]1N2C(=O)[C@@H](F)[C@H]2SC1(C)C. The molecule has 0 spiro atoms. The molecule has 6 nitrogen and oxygen atoms in total. The molecule has 2 saturated heterocycles. The predicted molar refractivity (Wildman–Crippen MR) is 77.5 cm³/mol. The fraction of sp³-hybridized carbons (Fsp3) is 0.786. The molecule has 8 heteroatoms. The second-order valence-corrected chi connectivity index (χ2v) is 8.70. The highest BCUT2D eigenvalue weighted by Crippen LogP contribution is 2.51. The lowest BCUT2D eigenvalue weighted by Gasteiger charge is -2.39. The summed E-state index contributed by atoms with van der Waals surface area (Å²) in [6, 6.07) is -0.879. The third-order valence-corrected chi connectivity index (χ3v) is 5.14. The van der Waals surface area contributed by atoms with Crippen molar-refractivity contribution in [1.82, 2.24) is 4.90 Å². The molecule has 0 aromatic rings. The van der Waals surface area contributed by atoms with Gasteiger partial charge in [0.25, 0.3) is 5.91 Å². The van der Waals surface area contributed by atoms with Gasteiger partial charge in [0.15, 0.2) is 0 Å². The van der Waals surface area contributed by atoms with Crippen molar-refractivity contribution in [2.75, 3.05) is 6.79 Å². The number of carbonyl (C=O) groups excluding carboxylic acids is 3. The van der Waals surface area contributed by atoms with Crippen molar-refractivity contribution in [3.8, 4) is 0 Å². The number of hydrogen-bond acceptors (Lipinski definition) is 6. The zero-order chi connectivity index (χ0) is 16.9. The fourth-order valence-electron chi connectivity index (χ4n) is 2.38. The molecule has 3 atom stereocenters. The molecule has 124 valence electrons. The molecule has 0 saturated carbocycles. The van der Waals surface area contributed by atoms with Crippen LogP contribution >= 0.6 is 11.8 Å². The van der Waals surface area contributed by atoms with Gasteiger partial charge in [-0.05, 0) is 34.6 Å². The summed E-state index contributed by atoms with van der Waals surface area (Å²) in [7, 11) is 0. The highest BCUT2D eigenvalue weighted by molar-refractivity contribution is 8.01. The minimum Gasteiger partial charge on any atom is -0.427 e. The summed E-state index contributed by atoms with van der Waals surface area (Å²) < 4.78 is 22.7. The molecular weight excluding hydrogens is 313 g/mol. The summed E-state index contributed by atoms with van der Waals surface area (Å²) in [6.07, 6.45) is -1.57. The van der Waals surface area contributed by atoms with Gasteiger partial charge >= 0.3 is 11.9 Å². The van der Waals surface area contributed by atoms with Crippen molar-refractivity contribution in [2.24, 2.45) is 5.41 Å². The Morgan fingerprint density at radius 1 is 1.32 bits per heavy atom. The number of β-lactam (4-membered cyclic amide) rings is 1. The minimum absolute atomic E-state index is 0.498. The molecule has 22 heavy (non-hydrogen) atoms. The predicted octanol–water partition coefficient (Wildman–Crippen LogP) is 1.48. The lowest BCUT2D eigenvalue weighted by Crippen LogP contribution is -2.64. The van der Waals surface area contributed by atoms with Crippen LogP contribution in [0, 0.1) is 5.41 Å². The number of esters is 2. The zero-order valence-corrected chi connectivity index (χ0v) is 14.0. The standard InChI is InChI=1S/C14H20FNO5S/c1-13(2,3)12(19)21-6-20-11(18)8-14(4,5)22-10-7(15)9(17)16(8)10/h7-8,10H,6H2,1-5H3/t7-,8+,10-/m1/s1. The Morgan fingerprint density at radius 2 is 1.91 bits per heavy atom. The number of nitrogens with zero attached hydrogens (tertiary/aromatic N) is 1. The molecule has 0 bridgehead atoms. The maximum absolute atomic E-state index is 13.5. The van der Waals surface area contributed by atoms with E-state index < -0.39 is 52.4 Å². The van der Waals surface area contributed by atoms with Crippen molar-refractivity contribution >= 4 is 29.6 Å². The van der Waals surface area contributed by atoms with E-state index in [9.17, 15) is 18.8 Å². The van der Waals surface area contributed by atoms with E-state index in [1.807, 2.05) is 0 Å². The Kier molecular flexibility index (Phi) is 4.18. The van der Waals surface area contributed by atoms with Gasteiger partial charge in [-0.25, -0.2) is 9.18 Å². The zero-order valence-electron chi connectivity index (χ0n) is 13.2. The lowest BCUT2D eigenvalue weighted by atomic mass is 9.97. The summed E-state index contributed by atoms with van der Waals surface area (Å²) >= 11 is 1.23. The number of hydrogen-bond donors (Lipinski definition) is 0. The van der Waals surface area contributed by atoms with Crippen LogP contribution in [0.4, 0.5) is 4.39 Å². The topological polar surface area (TPSA) is 72.9 Å². The summed E-state index contributed by atoms with van der Waals surface area (Å²) in [4.78, 5) is 36.6. The molecule has 1 amide bonds. The Bertz CT molecular complexity index is 516. The number of alkyl halides is 1. The molecule has 0 aliphatic carbocycles. The second kappa shape index (κ2) is 5.40. The van der Waals surface area contributed by atoms with E-state index in [-0.39, 0.29) is 0 Å². The minimum atomic E-state index is -1.57. The second-order valence-electron chi connectivity index (χ2n) is 6.92. The molecule has 2 aliphatic heterocycles. The van der Waals surface area contributed by atoms with Crippen molar-refractivity contribution < 1.29 is 28.2 Å². The van der Waals surface area contributed by atoms with Gasteiger partial charge in [0.1, 0.15) is 11.4 Å². The Morgan fingerprint density at radius 3 is 2.45 bits per heavy atom. The first-order valence-corrected chi connectivity index (χ1v) is 7.83. The number of amides is 1. The molecule has 0 unspecified atom stereocenters. The molecule has 2 aliphatic rings. The maximum Gasteiger partial charge on any atom is 0.333 e. The molecule has 0 N–H and O–H groups in total. The maximum atomic E-state index is 13.5. The first-order valence-electron chi connectivity index (χ1n) is 6.95. The van der Waals surface area contributed by atoms with Gasteiger partial charge in [0.2, 0.25) is 13.0 Å². The molecular formula is C14H20FNO5S. The normalized spacial score (nSPS) is 29.6. The molecule has 2 fully saturated rings. The van der Waals surface area contributed by atoms with E-state index >= 15 is 0 Å². The van der Waals surface area contributed by atoms with Crippen LogP contribution < -0.4 is 0 Å². The van der Waals surface area contributed by atoms with E-state index in [1.165, 1.54) is 16.7 Å². The summed E-state index contributed by atoms with van der Waals surface area (Å²) in [6.45, 7) is 8.03. The van der Waals surface area contributed by atoms with Crippen LogP contribution in [-0.2, 0) is 23.9 Å². The highest BCUT2D eigenvalue weighted by atomic mass is 32.2. The van der Waals surface area contributed by atoms with Crippen molar-refractivity contribution in [3.05, 3.63) is 0 Å². The van der Waals surface area contributed by atoms with E-state index in [4.69, 9.17) is 9.47 Å². The van der Waals surface area contributed by atoms with Gasteiger partial charge < -0.3 is 14.4 Å². The third-order valence-electron chi connectivity index (χ3n) is 3.60. The molecule has 0 radical (unpaired) electrons. The molecule has 2 heterocycles. The van der Waals surface area contributed by atoms with Crippen LogP contribution in [0.5, 0.6) is 0 Å². The van der Waals surface area contributed by atoms with Crippen LogP contribution in [0.25, 0.3) is 0 Å². The van der Waals surface area contributed by atoms with E-state index in [2.05, 4.69) is 0 Å². The third kappa shape index (κ3) is 2.80. The number of fused-ring (bicyclic) bond motifs is 1. The van der Waals surface area contributed by atoms with Crippen LogP contribution in [0.3, 0.4) is 0 Å². The molecule has 0 aromatic carbocycles. The summed E-state index contributed by atoms with van der Waals surface area (Å²) in [5.41, 5.74) is -0.700. The Balaban J connectivity index is 1.95. The monoisotopic (exact) mass is 333 g/mol. The first kappa shape index (κ1) is 17.1. The van der Waals surface area contributed by atoms with Crippen molar-refractivity contribution in [3.63, 3.8) is 0 Å². The van der Waals surface area contributed by atoms with Crippen molar-refractivity contribution in [2.45, 2.75) is 57.0 Å². The lowest BCUT2D eigenvalue weighted by molar-refractivity contribution is -0.181. The number of halogens is 1. The summed E-state index contributed by atoms with van der Waals surface area (Å²) in [5.74, 6) is -1.89. The molecule has 0 aromatic heterocycles. The van der Waals surface area contributed by atoms with Crippen LogP contribution in [0.2, 0.25) is 0 Å². The van der Waals surface area contributed by atoms with Crippen LogP contribution in [0.1, 0.15) is 34.6 Å². The van der Waals surface area contributed by atoms with Gasteiger partial charge in [-0.3, -0.25) is 9.59 Å². The largest absolute Gasteiger partial charge is 0.427 e. The smallest absolute Gasteiger partial charge is 0.333 e. The first-order chi connectivity index (χ1) is 9.97. The highest BCUT2D eigenvalue weighted by Gasteiger charge is 2.64. The summed E-state index contributed by atoms with van der Waals surface area (Å²) in [5, 5.41) is -0.642.